The third kappa shape index (κ3) is 9.25. The van der Waals surface area contributed by atoms with E-state index < -0.39 is 23.6 Å². The maximum Gasteiger partial charge on any atom is 0.257 e. The first-order valence-electron chi connectivity index (χ1n) is 9.61. The smallest absolute Gasteiger partial charge is 0.257 e. The topological polar surface area (TPSA) is 96.9 Å². The van der Waals surface area contributed by atoms with Crippen LogP contribution in [0, 0.1) is 11.6 Å². The summed E-state index contributed by atoms with van der Waals surface area (Å²) < 4.78 is 36.8. The largest absolute Gasteiger partial charge is 0.493 e. The van der Waals surface area contributed by atoms with E-state index in [1.165, 1.54) is 24.3 Å². The third-order valence-corrected chi connectivity index (χ3v) is 4.68. The van der Waals surface area contributed by atoms with E-state index in [-0.39, 0.29) is 60.8 Å². The highest BCUT2D eigenvalue weighted by Crippen LogP contribution is 2.21. The van der Waals surface area contributed by atoms with Crippen molar-refractivity contribution in [2.45, 2.75) is 18.9 Å². The van der Waals surface area contributed by atoms with Gasteiger partial charge >= 0.3 is 0 Å². The molecule has 0 radical (unpaired) electrons. The predicted octanol–water partition coefficient (Wildman–Crippen LogP) is 3.10. The van der Waals surface area contributed by atoms with Crippen LogP contribution in [0.5, 0.6) is 11.5 Å². The van der Waals surface area contributed by atoms with Gasteiger partial charge in [-0.05, 0) is 30.7 Å². The van der Waals surface area contributed by atoms with Crippen LogP contribution >= 0.6 is 23.2 Å². The molecule has 11 heteroatoms. The van der Waals surface area contributed by atoms with Gasteiger partial charge < -0.3 is 25.2 Å². The molecule has 0 bridgehead atoms. The van der Waals surface area contributed by atoms with Gasteiger partial charge in [0.1, 0.15) is 23.1 Å². The van der Waals surface area contributed by atoms with E-state index in [1.807, 2.05) is 0 Å². The van der Waals surface area contributed by atoms with Gasteiger partial charge in [-0.1, -0.05) is 23.2 Å². The molecule has 0 fully saturated rings. The Labute approximate surface area is 193 Å². The van der Waals surface area contributed by atoms with Gasteiger partial charge in [0.2, 0.25) is 5.91 Å². The second-order valence-electron chi connectivity index (χ2n) is 6.64. The summed E-state index contributed by atoms with van der Waals surface area (Å²) >= 11 is 11.2. The van der Waals surface area contributed by atoms with Gasteiger partial charge in [-0.3, -0.25) is 9.59 Å². The van der Waals surface area contributed by atoms with Crippen molar-refractivity contribution in [3.05, 3.63) is 58.1 Å². The van der Waals surface area contributed by atoms with Crippen molar-refractivity contribution < 1.29 is 33.0 Å². The lowest BCUT2D eigenvalue weighted by Crippen LogP contribution is -2.36. The van der Waals surface area contributed by atoms with Crippen molar-refractivity contribution in [2.75, 3.05) is 26.3 Å². The number of hydrogen-bond acceptors (Lipinski definition) is 5. The molecule has 0 aromatic heterocycles. The number of benzene rings is 2. The van der Waals surface area contributed by atoms with Crippen LogP contribution in [0.2, 0.25) is 10.0 Å². The molecule has 0 aliphatic carbocycles. The van der Waals surface area contributed by atoms with Crippen LogP contribution < -0.4 is 20.1 Å². The van der Waals surface area contributed by atoms with E-state index in [9.17, 15) is 23.5 Å². The fourth-order valence-corrected chi connectivity index (χ4v) is 2.68. The van der Waals surface area contributed by atoms with Crippen LogP contribution in [-0.2, 0) is 9.59 Å². The Bertz CT molecular complexity index is 933. The Kier molecular flexibility index (Phi) is 10.5. The summed E-state index contributed by atoms with van der Waals surface area (Å²) in [6.07, 6.45) is -0.643. The first-order valence-corrected chi connectivity index (χ1v) is 10.4. The van der Waals surface area contributed by atoms with Crippen LogP contribution in [0.15, 0.2) is 36.4 Å². The lowest BCUT2D eigenvalue weighted by molar-refractivity contribution is -0.123. The maximum absolute atomic E-state index is 13.3. The summed E-state index contributed by atoms with van der Waals surface area (Å²) in [5, 5.41) is 14.9. The normalized spacial score (nSPS) is 11.5. The lowest BCUT2D eigenvalue weighted by Gasteiger charge is -2.13. The number of ether oxygens (including phenoxy) is 2. The zero-order chi connectivity index (χ0) is 23.5. The second-order valence-corrected chi connectivity index (χ2v) is 7.45. The molecule has 2 rings (SSSR count). The maximum atomic E-state index is 13.3. The number of halogens is 4. The monoisotopic (exact) mass is 490 g/mol. The predicted molar refractivity (Wildman–Crippen MR) is 115 cm³/mol. The number of rotatable bonds is 12. The summed E-state index contributed by atoms with van der Waals surface area (Å²) in [6, 6.07) is 7.70. The number of aliphatic hydroxyl groups excluding tert-OH is 1. The molecule has 2 aromatic carbocycles. The minimum atomic E-state index is -0.873. The summed E-state index contributed by atoms with van der Waals surface area (Å²) in [5.74, 6) is -1.51. The molecule has 32 heavy (non-hydrogen) atoms. The zero-order valence-electron chi connectivity index (χ0n) is 16.9. The molecule has 3 N–H and O–H groups in total. The lowest BCUT2D eigenvalue weighted by atomic mass is 10.2. The van der Waals surface area contributed by atoms with Crippen molar-refractivity contribution in [2.24, 2.45) is 0 Å². The fourth-order valence-electron chi connectivity index (χ4n) is 2.40. The van der Waals surface area contributed by atoms with Crippen LogP contribution in [-0.4, -0.2) is 49.3 Å². The first kappa shape index (κ1) is 25.6. The average molecular weight is 491 g/mol. The molecule has 0 unspecified atom stereocenters. The number of hydrogen-bond donors (Lipinski definition) is 3. The van der Waals surface area contributed by atoms with Crippen molar-refractivity contribution in [1.29, 1.82) is 0 Å². The number of aliphatic hydroxyl groups is 1. The molecule has 0 aliphatic rings. The molecule has 0 saturated heterocycles. The molecule has 7 nitrogen and oxygen atoms in total. The Balaban J connectivity index is 1.54. The van der Waals surface area contributed by atoms with Crippen LogP contribution in [0.25, 0.3) is 0 Å². The highest BCUT2D eigenvalue weighted by molar-refractivity contribution is 6.31. The molecule has 174 valence electrons. The summed E-state index contributed by atoms with van der Waals surface area (Å²) in [6.45, 7) is -0.120. The van der Waals surface area contributed by atoms with Gasteiger partial charge in [0.15, 0.2) is 6.61 Å². The fraction of sp³-hybridized carbons (Fsp3) is 0.333. The summed E-state index contributed by atoms with van der Waals surface area (Å²) in [5.41, 5.74) is 0. The van der Waals surface area contributed by atoms with Crippen LogP contribution in [0.4, 0.5) is 8.78 Å². The number of amides is 2. The highest BCUT2D eigenvalue weighted by Gasteiger charge is 2.10. The van der Waals surface area contributed by atoms with Crippen molar-refractivity contribution in [1.82, 2.24) is 10.6 Å². The standard InChI is InChI=1S/C21H22Cl2F2N2O5/c22-16-3-1-15(10-19(16)25)32-12-21(30)26-7-5-13(28)11-27-20(29)6-8-31-14-2-4-18(24)17(23)9-14/h1-4,9-10,13,28H,5-8,11-12H2,(H,26,30)(H,27,29)/t13-/m0/s1. The van der Waals surface area contributed by atoms with E-state index in [4.69, 9.17) is 32.7 Å². The van der Waals surface area contributed by atoms with Crippen molar-refractivity contribution >= 4 is 35.0 Å². The molecule has 0 heterocycles. The minimum absolute atomic E-state index is 0.00235. The van der Waals surface area contributed by atoms with Crippen molar-refractivity contribution in [3.8, 4) is 11.5 Å². The highest BCUT2D eigenvalue weighted by atomic mass is 35.5. The molecule has 0 aliphatic heterocycles. The SMILES string of the molecule is O=C(CCOc1ccc(F)c(Cl)c1)NC[C@@H](O)CCNC(=O)COc1ccc(Cl)c(F)c1. The molecular weight excluding hydrogens is 469 g/mol. The number of carbonyl (C=O) groups is 2. The second kappa shape index (κ2) is 13.0. The minimum Gasteiger partial charge on any atom is -0.493 e. The van der Waals surface area contributed by atoms with Gasteiger partial charge in [-0.15, -0.1) is 0 Å². The third-order valence-electron chi connectivity index (χ3n) is 4.08. The Hall–Kier alpha value is -2.62. The van der Waals surface area contributed by atoms with E-state index in [2.05, 4.69) is 10.6 Å². The quantitative estimate of drug-likeness (QED) is 0.424. The molecule has 2 aromatic rings. The number of nitrogens with one attached hydrogen (secondary N) is 2. The van der Waals surface area contributed by atoms with Crippen LogP contribution in [0.1, 0.15) is 12.8 Å². The van der Waals surface area contributed by atoms with Crippen LogP contribution in [0.3, 0.4) is 0 Å². The molecular formula is C21H22Cl2F2N2O5. The van der Waals surface area contributed by atoms with Gasteiger partial charge in [0.05, 0.1) is 29.2 Å². The van der Waals surface area contributed by atoms with Gasteiger partial charge in [0.25, 0.3) is 5.91 Å². The Morgan fingerprint density at radius 1 is 0.938 bits per heavy atom. The number of carbonyl (C=O) groups excluding carboxylic acids is 2. The van der Waals surface area contributed by atoms with E-state index in [0.29, 0.717) is 5.75 Å². The molecule has 0 saturated carbocycles. The Morgan fingerprint density at radius 3 is 2.38 bits per heavy atom. The zero-order valence-corrected chi connectivity index (χ0v) is 18.4. The molecule has 1 atom stereocenters. The molecule has 0 spiro atoms. The molecule has 2 amide bonds. The van der Waals surface area contributed by atoms with E-state index >= 15 is 0 Å². The summed E-state index contributed by atoms with van der Waals surface area (Å²) in [4.78, 5) is 23.5. The van der Waals surface area contributed by atoms with Gasteiger partial charge in [0, 0.05) is 25.2 Å². The van der Waals surface area contributed by atoms with Gasteiger partial charge in [-0.2, -0.15) is 0 Å². The Morgan fingerprint density at radius 2 is 1.66 bits per heavy atom. The van der Waals surface area contributed by atoms with E-state index in [0.717, 1.165) is 12.1 Å². The average Bonchev–Trinajstić information content (AvgIpc) is 2.75. The first-order chi connectivity index (χ1) is 15.2. The summed E-state index contributed by atoms with van der Waals surface area (Å²) in [7, 11) is 0. The van der Waals surface area contributed by atoms with E-state index in [1.54, 1.807) is 0 Å². The van der Waals surface area contributed by atoms with Crippen molar-refractivity contribution in [3.63, 3.8) is 0 Å². The van der Waals surface area contributed by atoms with Gasteiger partial charge in [-0.25, -0.2) is 8.78 Å².